The van der Waals surface area contributed by atoms with Gasteiger partial charge < -0.3 is 24.4 Å². The molecule has 0 fully saturated rings. The zero-order chi connectivity index (χ0) is 20.2. The van der Waals surface area contributed by atoms with Gasteiger partial charge in [-0.1, -0.05) is 18.7 Å². The Kier molecular flexibility index (Phi) is 9.55. The lowest BCUT2D eigenvalue weighted by Crippen LogP contribution is -2.23. The molecule has 1 atom stereocenters. The molecular weight excluding hydrogens is 358 g/mol. The molecule has 0 aliphatic rings. The number of aliphatic hydroxyl groups is 2. The number of anilines is 1. The lowest BCUT2D eigenvalue weighted by atomic mass is 10.0. The van der Waals surface area contributed by atoms with Gasteiger partial charge >= 0.3 is 18.0 Å². The lowest BCUT2D eigenvalue weighted by Gasteiger charge is -2.13. The molecule has 0 radical (unpaired) electrons. The highest BCUT2D eigenvalue weighted by Crippen LogP contribution is 2.20. The van der Waals surface area contributed by atoms with E-state index in [9.17, 15) is 19.5 Å². The van der Waals surface area contributed by atoms with Gasteiger partial charge in [-0.2, -0.15) is 0 Å². The summed E-state index contributed by atoms with van der Waals surface area (Å²) in [6.45, 7) is 3.95. The molecule has 27 heavy (non-hydrogen) atoms. The SMILES string of the molecule is C=CC(=O)OCCOC(=O)Nc1cccc(CC(=O)OCC(O)CO)c1C. The fraction of sp³-hybridized carbons (Fsp3) is 0.389. The van der Waals surface area contributed by atoms with Gasteiger partial charge in [0.05, 0.1) is 13.0 Å². The Morgan fingerprint density at radius 2 is 1.93 bits per heavy atom. The van der Waals surface area contributed by atoms with Gasteiger partial charge in [-0.25, -0.2) is 9.59 Å². The predicted molar refractivity (Wildman–Crippen MR) is 95.1 cm³/mol. The number of aliphatic hydroxyl groups excluding tert-OH is 2. The van der Waals surface area contributed by atoms with Gasteiger partial charge in [-0.05, 0) is 24.1 Å². The normalized spacial score (nSPS) is 11.2. The molecule has 0 heterocycles. The molecule has 9 heteroatoms. The van der Waals surface area contributed by atoms with Gasteiger partial charge in [0, 0.05) is 11.8 Å². The van der Waals surface area contributed by atoms with Gasteiger partial charge in [-0.3, -0.25) is 10.1 Å². The van der Waals surface area contributed by atoms with Crippen LogP contribution in [0.2, 0.25) is 0 Å². The van der Waals surface area contributed by atoms with Gasteiger partial charge in [0.25, 0.3) is 0 Å². The standard InChI is InChI=1S/C18H23NO8/c1-3-16(22)25-7-8-26-18(24)19-15-6-4-5-13(12(15)2)9-17(23)27-11-14(21)10-20/h3-6,14,20-21H,1,7-11H2,2H3,(H,19,24). The Balaban J connectivity index is 2.54. The van der Waals surface area contributed by atoms with Crippen molar-refractivity contribution in [3.63, 3.8) is 0 Å². The molecule has 0 aromatic heterocycles. The third-order valence-electron chi connectivity index (χ3n) is 3.39. The first-order valence-corrected chi connectivity index (χ1v) is 8.13. The number of hydrogen-bond donors (Lipinski definition) is 3. The second kappa shape index (κ2) is 11.7. The summed E-state index contributed by atoms with van der Waals surface area (Å²) < 4.78 is 14.4. The third kappa shape index (κ3) is 8.34. The molecule has 0 aliphatic carbocycles. The molecule has 1 aromatic carbocycles. The maximum absolute atomic E-state index is 11.8. The highest BCUT2D eigenvalue weighted by Gasteiger charge is 2.13. The van der Waals surface area contributed by atoms with Crippen molar-refractivity contribution in [2.75, 3.05) is 31.7 Å². The van der Waals surface area contributed by atoms with Crippen LogP contribution in [0.15, 0.2) is 30.9 Å². The summed E-state index contributed by atoms with van der Waals surface area (Å²) in [6.07, 6.45) is -0.918. The lowest BCUT2D eigenvalue weighted by molar-refractivity contribution is -0.146. The van der Waals surface area contributed by atoms with E-state index < -0.39 is 30.7 Å². The minimum absolute atomic E-state index is 0.0634. The van der Waals surface area contributed by atoms with Crippen molar-refractivity contribution in [3.05, 3.63) is 42.0 Å². The topological polar surface area (TPSA) is 131 Å². The van der Waals surface area contributed by atoms with E-state index in [1.165, 1.54) is 0 Å². The van der Waals surface area contributed by atoms with E-state index in [2.05, 4.69) is 16.6 Å². The van der Waals surface area contributed by atoms with Crippen molar-refractivity contribution >= 4 is 23.7 Å². The van der Waals surface area contributed by atoms with Crippen LogP contribution in [-0.2, 0) is 30.2 Å². The van der Waals surface area contributed by atoms with Crippen LogP contribution in [0.25, 0.3) is 0 Å². The van der Waals surface area contributed by atoms with Crippen molar-refractivity contribution < 1.29 is 38.8 Å². The minimum atomic E-state index is -1.12. The summed E-state index contributed by atoms with van der Waals surface area (Å²) in [4.78, 5) is 34.4. The van der Waals surface area contributed by atoms with Crippen LogP contribution < -0.4 is 5.32 Å². The first kappa shape index (κ1) is 22.1. The van der Waals surface area contributed by atoms with Crippen LogP contribution in [0, 0.1) is 6.92 Å². The quantitative estimate of drug-likeness (QED) is 0.234. The largest absolute Gasteiger partial charge is 0.463 e. The van der Waals surface area contributed by atoms with E-state index in [1.807, 2.05) is 0 Å². The van der Waals surface area contributed by atoms with Gasteiger partial charge in [0.2, 0.25) is 0 Å². The highest BCUT2D eigenvalue weighted by molar-refractivity contribution is 5.86. The average Bonchev–Trinajstić information content (AvgIpc) is 2.66. The smallest absolute Gasteiger partial charge is 0.411 e. The number of amides is 1. The Morgan fingerprint density at radius 1 is 1.22 bits per heavy atom. The van der Waals surface area contributed by atoms with E-state index >= 15 is 0 Å². The van der Waals surface area contributed by atoms with Crippen molar-refractivity contribution in [1.29, 1.82) is 0 Å². The molecular formula is C18H23NO8. The number of esters is 2. The van der Waals surface area contributed by atoms with Crippen LogP contribution >= 0.6 is 0 Å². The summed E-state index contributed by atoms with van der Waals surface area (Å²) in [6, 6.07) is 4.99. The number of ether oxygens (including phenoxy) is 3. The third-order valence-corrected chi connectivity index (χ3v) is 3.39. The predicted octanol–water partition coefficient (Wildman–Crippen LogP) is 0.712. The molecule has 0 aliphatic heterocycles. The molecule has 1 amide bonds. The molecule has 3 N–H and O–H groups in total. The number of carbonyl (C=O) groups is 3. The molecule has 0 spiro atoms. The number of hydrogen-bond acceptors (Lipinski definition) is 8. The molecule has 1 rings (SSSR count). The molecule has 0 bridgehead atoms. The summed E-state index contributed by atoms with van der Waals surface area (Å²) in [5, 5.41) is 20.4. The molecule has 0 saturated carbocycles. The zero-order valence-corrected chi connectivity index (χ0v) is 15.0. The van der Waals surface area contributed by atoms with E-state index in [-0.39, 0.29) is 26.2 Å². The van der Waals surface area contributed by atoms with Gasteiger partial charge in [0.1, 0.15) is 25.9 Å². The summed E-state index contributed by atoms with van der Waals surface area (Å²) >= 11 is 0. The van der Waals surface area contributed by atoms with E-state index in [1.54, 1.807) is 25.1 Å². The summed E-state index contributed by atoms with van der Waals surface area (Å²) in [5.74, 6) is -1.18. The fourth-order valence-corrected chi connectivity index (χ4v) is 1.94. The number of benzene rings is 1. The Labute approximate surface area is 156 Å². The first-order valence-electron chi connectivity index (χ1n) is 8.13. The van der Waals surface area contributed by atoms with Crippen LogP contribution in [-0.4, -0.2) is 60.8 Å². The Bertz CT molecular complexity index is 673. The molecule has 148 valence electrons. The Morgan fingerprint density at radius 3 is 2.59 bits per heavy atom. The van der Waals surface area contributed by atoms with E-state index in [0.29, 0.717) is 16.8 Å². The highest BCUT2D eigenvalue weighted by atomic mass is 16.6. The Hall–Kier alpha value is -2.91. The maximum Gasteiger partial charge on any atom is 0.411 e. The summed E-state index contributed by atoms with van der Waals surface area (Å²) in [7, 11) is 0. The van der Waals surface area contributed by atoms with Crippen LogP contribution in [0.4, 0.5) is 10.5 Å². The number of nitrogens with one attached hydrogen (secondary N) is 1. The molecule has 1 aromatic rings. The van der Waals surface area contributed by atoms with E-state index in [4.69, 9.17) is 14.6 Å². The number of carbonyl (C=O) groups excluding carboxylic acids is 3. The monoisotopic (exact) mass is 381 g/mol. The zero-order valence-electron chi connectivity index (χ0n) is 15.0. The first-order chi connectivity index (χ1) is 12.9. The second-order valence-corrected chi connectivity index (χ2v) is 5.42. The van der Waals surface area contributed by atoms with Crippen molar-refractivity contribution in [3.8, 4) is 0 Å². The van der Waals surface area contributed by atoms with Crippen LogP contribution in [0.1, 0.15) is 11.1 Å². The number of rotatable bonds is 10. The van der Waals surface area contributed by atoms with Gasteiger partial charge in [0.15, 0.2) is 0 Å². The van der Waals surface area contributed by atoms with Crippen LogP contribution in [0.3, 0.4) is 0 Å². The molecule has 0 saturated heterocycles. The maximum atomic E-state index is 11.8. The second-order valence-electron chi connectivity index (χ2n) is 5.42. The van der Waals surface area contributed by atoms with Crippen molar-refractivity contribution in [2.24, 2.45) is 0 Å². The van der Waals surface area contributed by atoms with Crippen molar-refractivity contribution in [1.82, 2.24) is 0 Å². The van der Waals surface area contributed by atoms with Crippen LogP contribution in [0.5, 0.6) is 0 Å². The average molecular weight is 381 g/mol. The minimum Gasteiger partial charge on any atom is -0.463 e. The summed E-state index contributed by atoms with van der Waals surface area (Å²) in [5.41, 5.74) is 1.71. The van der Waals surface area contributed by atoms with Gasteiger partial charge in [-0.15, -0.1) is 0 Å². The fourth-order valence-electron chi connectivity index (χ4n) is 1.94. The van der Waals surface area contributed by atoms with E-state index in [0.717, 1.165) is 6.08 Å². The molecule has 1 unspecified atom stereocenters. The van der Waals surface area contributed by atoms with Crippen molar-refractivity contribution in [2.45, 2.75) is 19.4 Å². The molecule has 9 nitrogen and oxygen atoms in total.